The predicted molar refractivity (Wildman–Crippen MR) is 201 cm³/mol. The minimum atomic E-state index is -0.797. The van der Waals surface area contributed by atoms with E-state index in [2.05, 4.69) is 38.5 Å². The summed E-state index contributed by atoms with van der Waals surface area (Å²) in [7, 11) is 0. The first-order valence-electron chi connectivity index (χ1n) is 15.1. The van der Waals surface area contributed by atoms with Gasteiger partial charge in [0.05, 0.1) is 38.6 Å². The fraction of sp³-hybridized carbons (Fsp3) is 0.162. The summed E-state index contributed by atoms with van der Waals surface area (Å²) in [4.78, 5) is 33.6. The van der Waals surface area contributed by atoms with E-state index in [0.717, 1.165) is 24.7 Å². The molecular weight excluding hydrogens is 827 g/mol. The quantitative estimate of drug-likeness (QED) is 0.105. The molecule has 11 heteroatoms. The van der Waals surface area contributed by atoms with Crippen LogP contribution in [0.4, 0.5) is 0 Å². The molecule has 1 atom stereocenters. The van der Waals surface area contributed by atoms with Crippen molar-refractivity contribution in [2.45, 2.75) is 26.5 Å². The van der Waals surface area contributed by atoms with Gasteiger partial charge >= 0.3 is 5.97 Å². The van der Waals surface area contributed by atoms with Crippen LogP contribution in [0.15, 0.2) is 111 Å². The molecule has 0 bridgehead atoms. The molecule has 0 unspecified atom stereocenters. The Labute approximate surface area is 308 Å². The van der Waals surface area contributed by atoms with E-state index in [1.54, 1.807) is 11.5 Å². The third kappa shape index (κ3) is 7.31. The number of carbonyl (C=O) groups excluding carboxylic acids is 1. The highest BCUT2D eigenvalue weighted by molar-refractivity contribution is 14.1. The van der Waals surface area contributed by atoms with Crippen LogP contribution >= 0.6 is 61.5 Å². The van der Waals surface area contributed by atoms with Crippen molar-refractivity contribution < 1.29 is 19.0 Å². The zero-order chi connectivity index (χ0) is 33.8. The van der Waals surface area contributed by atoms with Gasteiger partial charge in [-0.15, -0.1) is 0 Å². The Morgan fingerprint density at radius 2 is 1.77 bits per heavy atom. The molecule has 0 radical (unpaired) electrons. The molecule has 0 fully saturated rings. The van der Waals surface area contributed by atoms with Crippen LogP contribution in [0.3, 0.4) is 0 Å². The van der Waals surface area contributed by atoms with Crippen LogP contribution in [0.1, 0.15) is 42.1 Å². The van der Waals surface area contributed by atoms with E-state index in [1.807, 2.05) is 104 Å². The molecule has 4 aromatic carbocycles. The zero-order valence-electron chi connectivity index (χ0n) is 25.9. The number of fused-ring (bicyclic) bond motifs is 1. The van der Waals surface area contributed by atoms with Gasteiger partial charge in [0.15, 0.2) is 4.80 Å². The van der Waals surface area contributed by atoms with Gasteiger partial charge in [-0.2, -0.15) is 0 Å². The molecule has 1 aliphatic heterocycles. The fourth-order valence-electron chi connectivity index (χ4n) is 5.43. The number of thiazole rings is 1. The van der Waals surface area contributed by atoms with Crippen LogP contribution in [-0.2, 0) is 16.1 Å². The number of nitrogens with zero attached hydrogens (tertiary/aromatic N) is 2. The van der Waals surface area contributed by atoms with E-state index in [-0.39, 0.29) is 17.7 Å². The van der Waals surface area contributed by atoms with Crippen molar-refractivity contribution in [3.63, 3.8) is 0 Å². The Kier molecular flexibility index (Phi) is 10.8. The van der Waals surface area contributed by atoms with Gasteiger partial charge in [-0.05, 0) is 90.0 Å². The molecule has 2 heterocycles. The lowest BCUT2D eigenvalue weighted by Crippen LogP contribution is -2.40. The molecule has 1 aliphatic rings. The van der Waals surface area contributed by atoms with Crippen LogP contribution in [0.25, 0.3) is 11.8 Å². The van der Waals surface area contributed by atoms with Gasteiger partial charge in [0.2, 0.25) is 0 Å². The number of hydrogen-bond acceptors (Lipinski definition) is 7. The molecule has 1 aromatic heterocycles. The molecule has 48 heavy (non-hydrogen) atoms. The van der Waals surface area contributed by atoms with Crippen molar-refractivity contribution >= 4 is 79.2 Å². The van der Waals surface area contributed by atoms with Crippen LogP contribution in [0.2, 0.25) is 5.02 Å². The van der Waals surface area contributed by atoms with Gasteiger partial charge in [0, 0.05) is 20.6 Å². The van der Waals surface area contributed by atoms with Crippen molar-refractivity contribution in [1.82, 2.24) is 4.57 Å². The second-order valence-electron chi connectivity index (χ2n) is 10.7. The number of aromatic nitrogens is 1. The minimum absolute atomic E-state index is 0.171. The fourth-order valence-corrected chi connectivity index (χ4v) is 8.34. The second kappa shape index (κ2) is 15.2. The van der Waals surface area contributed by atoms with Gasteiger partial charge < -0.3 is 14.2 Å². The van der Waals surface area contributed by atoms with E-state index in [9.17, 15) is 9.59 Å². The maximum atomic E-state index is 14.5. The van der Waals surface area contributed by atoms with E-state index >= 15 is 0 Å². The average Bonchev–Trinajstić information content (AvgIpc) is 3.38. The molecule has 0 aliphatic carbocycles. The summed E-state index contributed by atoms with van der Waals surface area (Å²) in [6.07, 6.45) is 1.82. The highest BCUT2D eigenvalue weighted by atomic mass is 127. The third-order valence-corrected chi connectivity index (χ3v) is 9.95. The lowest BCUT2D eigenvalue weighted by molar-refractivity contribution is -0.138. The van der Waals surface area contributed by atoms with E-state index in [1.165, 1.54) is 11.3 Å². The van der Waals surface area contributed by atoms with Gasteiger partial charge in [0.1, 0.15) is 18.1 Å². The normalized spacial score (nSPS) is 14.4. The van der Waals surface area contributed by atoms with E-state index in [4.69, 9.17) is 30.8 Å². The van der Waals surface area contributed by atoms with Gasteiger partial charge in [-0.3, -0.25) is 9.36 Å². The molecule has 7 nitrogen and oxygen atoms in total. The first kappa shape index (κ1) is 34.2. The average molecular weight is 856 g/mol. The van der Waals surface area contributed by atoms with Crippen molar-refractivity contribution in [1.29, 1.82) is 0 Å². The Hall–Kier alpha value is -3.71. The second-order valence-corrected chi connectivity index (χ2v) is 14.2. The van der Waals surface area contributed by atoms with E-state index in [0.29, 0.717) is 50.3 Å². The maximum absolute atomic E-state index is 14.5. The Bertz CT molecular complexity index is 2200. The molecule has 0 spiro atoms. The number of carbonyl (C=O) groups is 1. The Balaban J connectivity index is 1.55. The molecule has 6 rings (SSSR count). The van der Waals surface area contributed by atoms with E-state index < -0.39 is 12.0 Å². The van der Waals surface area contributed by atoms with Gasteiger partial charge in [-0.1, -0.05) is 93.5 Å². The Morgan fingerprint density at radius 3 is 2.48 bits per heavy atom. The standard InChI is InChI=1S/C37H29BrClIN2O5S/c1-3-45-28-15-13-24(14-16-28)33-31(36(44)46-4-2)32(23-10-6-5-7-11-23)41-37-42(33)35(43)30(48-37)19-25-18-26(38)20-29(40)34(25)47-21-22-9-8-12-27(39)17-22/h5-20,33H,3-4,21H2,1-2H3/b30-19-/t33-/m1/s1. The summed E-state index contributed by atoms with van der Waals surface area (Å²) in [5, 5.41) is 0.627. The predicted octanol–water partition coefficient (Wildman–Crippen LogP) is 7.93. The summed E-state index contributed by atoms with van der Waals surface area (Å²) < 4.78 is 21.3. The highest BCUT2D eigenvalue weighted by Crippen LogP contribution is 2.36. The van der Waals surface area contributed by atoms with Crippen molar-refractivity contribution in [3.8, 4) is 11.5 Å². The molecule has 244 valence electrons. The summed E-state index contributed by atoms with van der Waals surface area (Å²) in [6.45, 7) is 4.65. The largest absolute Gasteiger partial charge is 0.494 e. The minimum Gasteiger partial charge on any atom is -0.494 e. The maximum Gasteiger partial charge on any atom is 0.338 e. The van der Waals surface area contributed by atoms with Crippen molar-refractivity contribution in [3.05, 3.63) is 152 Å². The number of halogens is 3. The van der Waals surface area contributed by atoms with Crippen LogP contribution in [0, 0.1) is 3.57 Å². The first-order chi connectivity index (χ1) is 23.3. The summed E-state index contributed by atoms with van der Waals surface area (Å²) in [5.74, 6) is 0.782. The zero-order valence-corrected chi connectivity index (χ0v) is 31.2. The van der Waals surface area contributed by atoms with Gasteiger partial charge in [0.25, 0.3) is 5.56 Å². The SMILES string of the molecule is CCOC(=O)C1=C(c2ccccc2)N=c2s/c(=C\c3cc(Br)cc(I)c3OCc3cccc(Cl)c3)c(=O)n2[C@@H]1c1ccc(OCC)cc1. The monoisotopic (exact) mass is 854 g/mol. The topological polar surface area (TPSA) is 79.1 Å². The van der Waals surface area contributed by atoms with Crippen LogP contribution in [0.5, 0.6) is 11.5 Å². The lowest BCUT2D eigenvalue weighted by Gasteiger charge is -2.26. The number of benzene rings is 4. The number of hydrogen-bond donors (Lipinski definition) is 0. The molecule has 0 saturated carbocycles. The van der Waals surface area contributed by atoms with Crippen molar-refractivity contribution in [2.24, 2.45) is 4.99 Å². The lowest BCUT2D eigenvalue weighted by atomic mass is 9.93. The highest BCUT2D eigenvalue weighted by Gasteiger charge is 2.35. The first-order valence-corrected chi connectivity index (χ1v) is 18.2. The van der Waals surface area contributed by atoms with Crippen LogP contribution in [-0.4, -0.2) is 23.8 Å². The summed E-state index contributed by atoms with van der Waals surface area (Å²) >= 11 is 13.3. The molecule has 0 amide bonds. The molecule has 0 saturated heterocycles. The molecule has 5 aromatic rings. The van der Waals surface area contributed by atoms with Gasteiger partial charge in [-0.25, -0.2) is 9.79 Å². The Morgan fingerprint density at radius 1 is 1.00 bits per heavy atom. The smallest absolute Gasteiger partial charge is 0.338 e. The van der Waals surface area contributed by atoms with Crippen LogP contribution < -0.4 is 24.4 Å². The van der Waals surface area contributed by atoms with Crippen molar-refractivity contribution in [2.75, 3.05) is 13.2 Å². The molecule has 0 N–H and O–H groups in total. The summed E-state index contributed by atoms with van der Waals surface area (Å²) in [6, 6.07) is 27.5. The number of esters is 1. The number of rotatable bonds is 10. The summed E-state index contributed by atoms with van der Waals surface area (Å²) in [5.41, 5.74) is 3.56. The number of ether oxygens (including phenoxy) is 3. The molecular formula is C37H29BrClIN2O5S. The third-order valence-electron chi connectivity index (χ3n) is 7.48.